The molecule has 0 aliphatic rings. The third-order valence-electron chi connectivity index (χ3n) is 4.10. The Labute approximate surface area is 170 Å². The summed E-state index contributed by atoms with van der Waals surface area (Å²) in [5.41, 5.74) is 1.06. The molecule has 0 aliphatic heterocycles. The molecule has 1 aromatic heterocycles. The topological polar surface area (TPSA) is 142 Å². The standard InChI is InChI=1S/C19H17N5O6/c25-19(20-8-9-22-12-17(11-21-22)24(28)29)15-3-1-2-14(10-15)13-30-18-6-4-16(5-7-18)23(26)27/h1-7,10-12H,8-9,13H2,(H,20,25). The Kier molecular flexibility index (Phi) is 6.33. The lowest BCUT2D eigenvalue weighted by atomic mass is 10.1. The molecule has 1 amide bonds. The Bertz CT molecular complexity index is 1060. The lowest BCUT2D eigenvalue weighted by Crippen LogP contribution is -2.27. The van der Waals surface area contributed by atoms with Crippen LogP contribution in [0.3, 0.4) is 0 Å². The zero-order chi connectivity index (χ0) is 21.5. The minimum Gasteiger partial charge on any atom is -0.489 e. The fourth-order valence-corrected chi connectivity index (χ4v) is 2.59. The first-order valence-electron chi connectivity index (χ1n) is 8.83. The van der Waals surface area contributed by atoms with Crippen molar-refractivity contribution >= 4 is 17.3 Å². The van der Waals surface area contributed by atoms with E-state index < -0.39 is 9.85 Å². The highest BCUT2D eigenvalue weighted by molar-refractivity contribution is 5.94. The number of hydrogen-bond donors (Lipinski definition) is 1. The Morgan fingerprint density at radius 3 is 2.47 bits per heavy atom. The van der Waals surface area contributed by atoms with Crippen LogP contribution in [0.1, 0.15) is 15.9 Å². The van der Waals surface area contributed by atoms with Gasteiger partial charge in [-0.15, -0.1) is 0 Å². The lowest BCUT2D eigenvalue weighted by molar-refractivity contribution is -0.385. The van der Waals surface area contributed by atoms with E-state index in [0.29, 0.717) is 17.9 Å². The first kappa shape index (κ1) is 20.5. The van der Waals surface area contributed by atoms with E-state index >= 15 is 0 Å². The van der Waals surface area contributed by atoms with Crippen LogP contribution < -0.4 is 10.1 Å². The molecule has 0 unspecified atom stereocenters. The molecule has 0 radical (unpaired) electrons. The van der Waals surface area contributed by atoms with Crippen molar-refractivity contribution in [2.45, 2.75) is 13.2 Å². The summed E-state index contributed by atoms with van der Waals surface area (Å²) >= 11 is 0. The van der Waals surface area contributed by atoms with E-state index in [1.165, 1.54) is 35.1 Å². The van der Waals surface area contributed by atoms with Gasteiger partial charge in [-0.1, -0.05) is 12.1 Å². The number of carbonyl (C=O) groups is 1. The van der Waals surface area contributed by atoms with Crippen LogP contribution in [0.2, 0.25) is 0 Å². The van der Waals surface area contributed by atoms with Gasteiger partial charge < -0.3 is 10.1 Å². The largest absolute Gasteiger partial charge is 0.489 e. The van der Waals surface area contributed by atoms with Crippen LogP contribution in [0, 0.1) is 20.2 Å². The van der Waals surface area contributed by atoms with Crippen LogP contribution in [-0.4, -0.2) is 32.1 Å². The average Bonchev–Trinajstić information content (AvgIpc) is 3.22. The number of rotatable bonds is 9. The van der Waals surface area contributed by atoms with Crippen molar-refractivity contribution in [1.82, 2.24) is 15.1 Å². The summed E-state index contributed by atoms with van der Waals surface area (Å²) in [5.74, 6) is 0.178. The molecule has 0 atom stereocenters. The van der Waals surface area contributed by atoms with Crippen molar-refractivity contribution < 1.29 is 19.4 Å². The van der Waals surface area contributed by atoms with Crippen LogP contribution >= 0.6 is 0 Å². The molecule has 1 heterocycles. The second kappa shape index (κ2) is 9.28. The summed E-state index contributed by atoms with van der Waals surface area (Å²) in [4.78, 5) is 32.6. The van der Waals surface area contributed by atoms with Gasteiger partial charge in [0.15, 0.2) is 0 Å². The summed E-state index contributed by atoms with van der Waals surface area (Å²) in [6.45, 7) is 0.736. The number of nitro groups is 2. The first-order chi connectivity index (χ1) is 14.4. The van der Waals surface area contributed by atoms with Gasteiger partial charge in [-0.3, -0.25) is 29.7 Å². The van der Waals surface area contributed by atoms with E-state index in [9.17, 15) is 25.0 Å². The average molecular weight is 411 g/mol. The first-order valence-corrected chi connectivity index (χ1v) is 8.83. The Balaban J connectivity index is 1.51. The van der Waals surface area contributed by atoms with Crippen molar-refractivity contribution in [2.75, 3.05) is 6.54 Å². The van der Waals surface area contributed by atoms with Crippen molar-refractivity contribution in [3.63, 3.8) is 0 Å². The molecule has 30 heavy (non-hydrogen) atoms. The van der Waals surface area contributed by atoms with Crippen LogP contribution in [0.5, 0.6) is 5.75 Å². The van der Waals surface area contributed by atoms with Gasteiger partial charge in [-0.25, -0.2) is 0 Å². The number of non-ortho nitro benzene ring substituents is 1. The molecule has 3 aromatic rings. The molecule has 0 bridgehead atoms. The Morgan fingerprint density at radius 2 is 1.80 bits per heavy atom. The van der Waals surface area contributed by atoms with Crippen molar-refractivity contribution in [3.8, 4) is 5.75 Å². The predicted octanol–water partition coefficient (Wildman–Crippen LogP) is 2.71. The smallest absolute Gasteiger partial charge is 0.306 e. The maximum Gasteiger partial charge on any atom is 0.306 e. The predicted molar refractivity (Wildman–Crippen MR) is 105 cm³/mol. The number of hydrogen-bond acceptors (Lipinski definition) is 7. The normalized spacial score (nSPS) is 10.4. The number of ether oxygens (including phenoxy) is 1. The molecule has 0 aliphatic carbocycles. The lowest BCUT2D eigenvalue weighted by Gasteiger charge is -2.09. The van der Waals surface area contributed by atoms with Crippen LogP contribution in [-0.2, 0) is 13.2 Å². The van der Waals surface area contributed by atoms with Gasteiger partial charge in [0.05, 0.1) is 16.4 Å². The summed E-state index contributed by atoms with van der Waals surface area (Å²) in [6, 6.07) is 12.6. The van der Waals surface area contributed by atoms with Gasteiger partial charge in [0.2, 0.25) is 0 Å². The minimum absolute atomic E-state index is 0.0225. The molecule has 2 aromatic carbocycles. The summed E-state index contributed by atoms with van der Waals surface area (Å²) in [5, 5.41) is 27.9. The highest BCUT2D eigenvalue weighted by Gasteiger charge is 2.10. The van der Waals surface area contributed by atoms with Crippen molar-refractivity contribution in [3.05, 3.63) is 92.3 Å². The van der Waals surface area contributed by atoms with E-state index in [1.54, 1.807) is 24.3 Å². The monoisotopic (exact) mass is 411 g/mol. The highest BCUT2D eigenvalue weighted by Crippen LogP contribution is 2.18. The Morgan fingerprint density at radius 1 is 1.07 bits per heavy atom. The maximum absolute atomic E-state index is 12.3. The molecular weight excluding hydrogens is 394 g/mol. The van der Waals surface area contributed by atoms with Gasteiger partial charge in [-0.05, 0) is 29.8 Å². The van der Waals surface area contributed by atoms with Gasteiger partial charge in [0, 0.05) is 24.2 Å². The van der Waals surface area contributed by atoms with Crippen LogP contribution in [0.25, 0.3) is 0 Å². The van der Waals surface area contributed by atoms with Crippen LogP contribution in [0.4, 0.5) is 11.4 Å². The molecule has 11 nitrogen and oxygen atoms in total. The van der Waals surface area contributed by atoms with E-state index in [0.717, 1.165) is 11.8 Å². The maximum atomic E-state index is 12.3. The molecule has 11 heteroatoms. The van der Waals surface area contributed by atoms with Gasteiger partial charge >= 0.3 is 5.69 Å². The molecule has 1 N–H and O–H groups in total. The fraction of sp³-hybridized carbons (Fsp3) is 0.158. The highest BCUT2D eigenvalue weighted by atomic mass is 16.6. The fourth-order valence-electron chi connectivity index (χ4n) is 2.59. The van der Waals surface area contributed by atoms with Crippen molar-refractivity contribution in [2.24, 2.45) is 0 Å². The van der Waals surface area contributed by atoms with E-state index in [-0.39, 0.29) is 30.4 Å². The third kappa shape index (κ3) is 5.38. The zero-order valence-electron chi connectivity index (χ0n) is 15.6. The zero-order valence-corrected chi connectivity index (χ0v) is 15.6. The number of nitrogens with one attached hydrogen (secondary N) is 1. The summed E-state index contributed by atoms with van der Waals surface area (Å²) in [7, 11) is 0. The molecule has 3 rings (SSSR count). The number of nitrogens with zero attached hydrogens (tertiary/aromatic N) is 4. The number of benzene rings is 2. The number of amides is 1. The summed E-state index contributed by atoms with van der Waals surface area (Å²) in [6.07, 6.45) is 2.44. The van der Waals surface area contributed by atoms with Gasteiger partial charge in [0.1, 0.15) is 24.8 Å². The Hall–Kier alpha value is -4.28. The molecule has 0 spiro atoms. The van der Waals surface area contributed by atoms with Crippen LogP contribution in [0.15, 0.2) is 60.9 Å². The number of aromatic nitrogens is 2. The van der Waals surface area contributed by atoms with Gasteiger partial charge in [0.25, 0.3) is 11.6 Å². The number of nitro benzene ring substituents is 1. The molecule has 0 fully saturated rings. The third-order valence-corrected chi connectivity index (χ3v) is 4.10. The van der Waals surface area contributed by atoms with E-state index in [1.807, 2.05) is 0 Å². The second-order valence-electron chi connectivity index (χ2n) is 6.21. The number of carbonyl (C=O) groups excluding carboxylic acids is 1. The quantitative estimate of drug-likeness (QED) is 0.421. The van der Waals surface area contributed by atoms with Crippen molar-refractivity contribution in [1.29, 1.82) is 0 Å². The van der Waals surface area contributed by atoms with Gasteiger partial charge in [-0.2, -0.15) is 5.10 Å². The molecule has 0 saturated carbocycles. The SMILES string of the molecule is O=C(NCCn1cc([N+](=O)[O-])cn1)c1cccc(COc2ccc([N+](=O)[O-])cc2)c1. The van der Waals surface area contributed by atoms with E-state index in [4.69, 9.17) is 4.74 Å². The molecular formula is C19H17N5O6. The molecule has 154 valence electrons. The molecule has 0 saturated heterocycles. The minimum atomic E-state index is -0.535. The summed E-state index contributed by atoms with van der Waals surface area (Å²) < 4.78 is 6.98. The van der Waals surface area contributed by atoms with E-state index in [2.05, 4.69) is 10.4 Å². The second-order valence-corrected chi connectivity index (χ2v) is 6.21.